The quantitative estimate of drug-likeness (QED) is 0.725. The van der Waals surface area contributed by atoms with Gasteiger partial charge in [-0.3, -0.25) is 14.4 Å². The number of rotatable bonds is 6. The van der Waals surface area contributed by atoms with Crippen molar-refractivity contribution < 1.29 is 35.9 Å². The van der Waals surface area contributed by atoms with Crippen molar-refractivity contribution in [3.8, 4) is 0 Å². The molecule has 3 rings (SSSR count). The number of nitrogens with one attached hydrogen (secondary N) is 1. The minimum atomic E-state index is -5.99. The number of hydrogen-bond donors (Lipinski definition) is 1. The summed E-state index contributed by atoms with van der Waals surface area (Å²) in [5.41, 5.74) is -0.191. The van der Waals surface area contributed by atoms with Gasteiger partial charge in [-0.05, 0) is 23.9 Å². The van der Waals surface area contributed by atoms with E-state index in [0.717, 1.165) is 0 Å². The lowest BCUT2D eigenvalue weighted by Crippen LogP contribution is -2.51. The summed E-state index contributed by atoms with van der Waals surface area (Å²) >= 11 is 0. The number of hydroxylamine groups is 2. The van der Waals surface area contributed by atoms with E-state index in [9.17, 15) is 31.6 Å². The molecule has 3 amide bonds. The topological polar surface area (TPSA) is 110 Å². The van der Waals surface area contributed by atoms with Crippen molar-refractivity contribution in [1.29, 1.82) is 0 Å². The van der Waals surface area contributed by atoms with Crippen molar-refractivity contribution in [2.75, 3.05) is 6.54 Å². The van der Waals surface area contributed by atoms with E-state index in [1.54, 1.807) is 24.4 Å². The normalized spacial score (nSPS) is 14.5. The van der Waals surface area contributed by atoms with Crippen LogP contribution in [0.5, 0.6) is 0 Å². The van der Waals surface area contributed by atoms with Crippen LogP contribution < -0.4 is 5.32 Å². The van der Waals surface area contributed by atoms with Gasteiger partial charge in [0.25, 0.3) is 11.8 Å². The number of carbonyl (C=O) groups excluding carboxylic acids is 3. The van der Waals surface area contributed by atoms with Crippen molar-refractivity contribution in [3.05, 3.63) is 47.5 Å². The molecule has 0 aliphatic carbocycles. The molecule has 0 saturated heterocycles. The average molecular weight is 412 g/mol. The molecule has 1 aliphatic heterocycles. The smallest absolute Gasteiger partial charge is 0.350 e. The molecule has 11 heteroatoms. The second-order valence-electron chi connectivity index (χ2n) is 5.92. The fourth-order valence-corrected chi connectivity index (χ4v) is 3.40. The van der Waals surface area contributed by atoms with Gasteiger partial charge in [-0.15, -0.1) is 9.35 Å². The van der Waals surface area contributed by atoms with E-state index in [0.29, 0.717) is 5.39 Å². The minimum absolute atomic E-state index is 0.0957. The summed E-state index contributed by atoms with van der Waals surface area (Å²) in [5, 5.41) is -2.76. The number of nitrogens with zero attached hydrogens (tertiary/aromatic N) is 1. The Hall–Kier alpha value is -2.92. The van der Waals surface area contributed by atoms with E-state index in [-0.39, 0.29) is 34.5 Å². The molecule has 28 heavy (non-hydrogen) atoms. The Morgan fingerprint density at radius 1 is 1.11 bits per heavy atom. The predicted molar refractivity (Wildman–Crippen MR) is 92.7 cm³/mol. The Balaban J connectivity index is 1.98. The summed E-state index contributed by atoms with van der Waals surface area (Å²) in [6.45, 7) is 1.38. The van der Waals surface area contributed by atoms with Crippen molar-refractivity contribution in [3.63, 3.8) is 0 Å². The Morgan fingerprint density at radius 2 is 1.64 bits per heavy atom. The van der Waals surface area contributed by atoms with Gasteiger partial charge < -0.3 is 5.32 Å². The first-order chi connectivity index (χ1) is 13.1. The molecular formula is C17H14F2N2O6S. The van der Waals surface area contributed by atoms with Crippen molar-refractivity contribution in [2.24, 2.45) is 0 Å². The highest BCUT2D eigenvalue weighted by atomic mass is 32.2. The lowest BCUT2D eigenvalue weighted by atomic mass is 9.95. The molecule has 0 unspecified atom stereocenters. The molecule has 2 aromatic rings. The summed E-state index contributed by atoms with van der Waals surface area (Å²) in [4.78, 5) is 36.6. The molecule has 0 bridgehead atoms. The molecule has 148 valence electrons. The first-order valence-corrected chi connectivity index (χ1v) is 9.53. The molecule has 0 atom stereocenters. The van der Waals surface area contributed by atoms with Crippen LogP contribution in [0.1, 0.15) is 34.1 Å². The molecule has 0 aromatic heterocycles. The zero-order chi connectivity index (χ0) is 20.7. The van der Waals surface area contributed by atoms with E-state index in [1.807, 2.05) is 0 Å². The highest BCUT2D eigenvalue weighted by Crippen LogP contribution is 2.32. The third-order valence-electron chi connectivity index (χ3n) is 4.02. The molecule has 8 nitrogen and oxygen atoms in total. The second-order valence-corrected chi connectivity index (χ2v) is 7.49. The van der Waals surface area contributed by atoms with Gasteiger partial charge in [-0.2, -0.15) is 17.2 Å². The number of amides is 3. The van der Waals surface area contributed by atoms with Crippen molar-refractivity contribution >= 4 is 38.6 Å². The number of benzene rings is 2. The third kappa shape index (κ3) is 3.02. The highest BCUT2D eigenvalue weighted by molar-refractivity contribution is 7.88. The SMILES string of the molecule is CCCNC(=O)C(F)(F)S(=O)(=O)ON1C(=O)c2cccc3cccc(c23)C1=O. The summed E-state index contributed by atoms with van der Waals surface area (Å²) in [5.74, 6) is -4.58. The van der Waals surface area contributed by atoms with Crippen LogP contribution in [0.15, 0.2) is 36.4 Å². The van der Waals surface area contributed by atoms with E-state index in [4.69, 9.17) is 0 Å². The number of halogens is 2. The van der Waals surface area contributed by atoms with Crippen LogP contribution in [0, 0.1) is 0 Å². The summed E-state index contributed by atoms with van der Waals surface area (Å²) in [7, 11) is -5.99. The second kappa shape index (κ2) is 6.91. The van der Waals surface area contributed by atoms with Crippen LogP contribution in [-0.4, -0.2) is 43.0 Å². The molecule has 1 heterocycles. The van der Waals surface area contributed by atoms with Gasteiger partial charge in [-0.25, -0.2) is 0 Å². The van der Waals surface area contributed by atoms with Crippen LogP contribution in [0.4, 0.5) is 8.78 Å². The number of hydrogen-bond acceptors (Lipinski definition) is 6. The largest absolute Gasteiger partial charge is 0.448 e. The predicted octanol–water partition coefficient (Wildman–Crippen LogP) is 1.82. The maximum absolute atomic E-state index is 14.1. The van der Waals surface area contributed by atoms with Crippen LogP contribution in [-0.2, 0) is 19.2 Å². The van der Waals surface area contributed by atoms with E-state index in [1.165, 1.54) is 24.3 Å². The molecular weight excluding hydrogens is 398 g/mol. The third-order valence-corrected chi connectivity index (χ3v) is 5.18. The lowest BCUT2D eigenvalue weighted by Gasteiger charge is -2.26. The molecule has 1 N–H and O–H groups in total. The lowest BCUT2D eigenvalue weighted by molar-refractivity contribution is -0.137. The molecule has 0 saturated carbocycles. The van der Waals surface area contributed by atoms with Crippen LogP contribution in [0.25, 0.3) is 10.8 Å². The maximum atomic E-state index is 14.1. The van der Waals surface area contributed by atoms with Crippen LogP contribution >= 0.6 is 0 Å². The van der Waals surface area contributed by atoms with Crippen molar-refractivity contribution in [2.45, 2.75) is 18.6 Å². The zero-order valence-electron chi connectivity index (χ0n) is 14.4. The van der Waals surface area contributed by atoms with Crippen LogP contribution in [0.3, 0.4) is 0 Å². The van der Waals surface area contributed by atoms with Gasteiger partial charge in [0.1, 0.15) is 0 Å². The molecule has 0 radical (unpaired) electrons. The van der Waals surface area contributed by atoms with Gasteiger partial charge in [0, 0.05) is 11.9 Å². The molecule has 0 spiro atoms. The summed E-state index contributed by atoms with van der Waals surface area (Å²) in [6.07, 6.45) is 0.284. The molecule has 1 aliphatic rings. The Morgan fingerprint density at radius 3 is 2.14 bits per heavy atom. The Kier molecular flexibility index (Phi) is 4.90. The monoisotopic (exact) mass is 412 g/mol. The average Bonchev–Trinajstić information content (AvgIpc) is 2.67. The maximum Gasteiger partial charge on any atom is 0.448 e. The fraction of sp³-hybridized carbons (Fsp3) is 0.235. The summed E-state index contributed by atoms with van der Waals surface area (Å²) in [6, 6.07) is 8.82. The standard InChI is InChI=1S/C17H14F2N2O6S/c1-2-9-20-16(24)17(18,19)28(25,26)27-21-14(22)11-7-3-5-10-6-4-8-12(13(10)11)15(21)23/h3-8H,2,9H2,1H3,(H,20,24). The first-order valence-electron chi connectivity index (χ1n) is 8.12. The van der Waals surface area contributed by atoms with Gasteiger partial charge in [0.15, 0.2) is 0 Å². The van der Waals surface area contributed by atoms with Crippen molar-refractivity contribution in [1.82, 2.24) is 10.4 Å². The Labute approximate surface area is 158 Å². The number of imide groups is 1. The van der Waals surface area contributed by atoms with Gasteiger partial charge in [-0.1, -0.05) is 31.2 Å². The van der Waals surface area contributed by atoms with Gasteiger partial charge >= 0.3 is 21.3 Å². The van der Waals surface area contributed by atoms with Crippen LogP contribution in [0.2, 0.25) is 0 Å². The molecule has 2 aromatic carbocycles. The molecule has 0 fully saturated rings. The van der Waals surface area contributed by atoms with Gasteiger partial charge in [0.2, 0.25) is 0 Å². The number of carbonyl (C=O) groups is 3. The van der Waals surface area contributed by atoms with E-state index >= 15 is 0 Å². The summed E-state index contributed by atoms with van der Waals surface area (Å²) < 4.78 is 56.3. The van der Waals surface area contributed by atoms with E-state index < -0.39 is 33.1 Å². The fourth-order valence-electron chi connectivity index (χ4n) is 2.68. The number of alkyl halides is 2. The Bertz CT molecular complexity index is 1050. The van der Waals surface area contributed by atoms with E-state index in [2.05, 4.69) is 4.28 Å². The van der Waals surface area contributed by atoms with Gasteiger partial charge in [0.05, 0.1) is 11.1 Å². The highest BCUT2D eigenvalue weighted by Gasteiger charge is 2.56. The minimum Gasteiger partial charge on any atom is -0.350 e. The first kappa shape index (κ1) is 19.8. The zero-order valence-corrected chi connectivity index (χ0v) is 15.3.